The van der Waals surface area contributed by atoms with Crippen LogP contribution in [0, 0.1) is 0 Å². The van der Waals surface area contributed by atoms with E-state index in [1.165, 1.54) is 0 Å². The van der Waals surface area contributed by atoms with E-state index in [1.807, 2.05) is 28.9 Å². The number of aliphatic hydroxyl groups excluding tert-OH is 1. The number of aromatic nitrogens is 2. The van der Waals surface area contributed by atoms with E-state index in [4.69, 9.17) is 0 Å². The molecule has 0 aliphatic carbocycles. The van der Waals surface area contributed by atoms with Crippen LogP contribution in [0.5, 0.6) is 0 Å². The lowest BCUT2D eigenvalue weighted by atomic mass is 10.2. The molecular formula is C14H16Br2N2OS. The van der Waals surface area contributed by atoms with Gasteiger partial charge >= 0.3 is 0 Å². The van der Waals surface area contributed by atoms with Gasteiger partial charge in [0.25, 0.3) is 0 Å². The molecule has 3 nitrogen and oxygen atoms in total. The minimum Gasteiger partial charge on any atom is -0.386 e. The third kappa shape index (κ3) is 3.87. The van der Waals surface area contributed by atoms with Crippen molar-refractivity contribution in [1.82, 2.24) is 9.78 Å². The van der Waals surface area contributed by atoms with Gasteiger partial charge in [0.15, 0.2) is 0 Å². The molecule has 20 heavy (non-hydrogen) atoms. The first-order chi connectivity index (χ1) is 9.49. The molecule has 0 spiro atoms. The van der Waals surface area contributed by atoms with Crippen LogP contribution in [0.15, 0.2) is 44.3 Å². The number of hydrogen-bond acceptors (Lipinski definition) is 3. The largest absolute Gasteiger partial charge is 0.386 e. The lowest BCUT2D eigenvalue weighted by molar-refractivity contribution is 0.188. The zero-order valence-corrected chi connectivity index (χ0v) is 15.2. The first-order valence-corrected chi connectivity index (χ1v) is 8.85. The summed E-state index contributed by atoms with van der Waals surface area (Å²) in [5.74, 6) is 0.591. The van der Waals surface area contributed by atoms with Crippen molar-refractivity contribution in [3.8, 4) is 0 Å². The third-order valence-corrected chi connectivity index (χ3v) is 4.97. The molecule has 0 aliphatic heterocycles. The standard InChI is InChI=1S/C14H16Br2N2OS/c1-9(2)18-14(12(16)7-17-18)13(19)8-20-11-5-3-4-10(15)6-11/h3-7,9,13,19H,8H2,1-2H3. The molecule has 0 radical (unpaired) electrons. The Kier molecular flexibility index (Phi) is 5.72. The van der Waals surface area contributed by atoms with Crippen LogP contribution in [0.25, 0.3) is 0 Å². The van der Waals surface area contributed by atoms with Crippen LogP contribution in [0.4, 0.5) is 0 Å². The van der Waals surface area contributed by atoms with Crippen molar-refractivity contribution in [2.75, 3.05) is 5.75 Å². The van der Waals surface area contributed by atoms with Crippen molar-refractivity contribution < 1.29 is 5.11 Å². The molecule has 1 heterocycles. The third-order valence-electron chi connectivity index (χ3n) is 2.80. The first-order valence-electron chi connectivity index (χ1n) is 6.28. The van der Waals surface area contributed by atoms with Crippen molar-refractivity contribution in [3.05, 3.63) is 45.1 Å². The monoisotopic (exact) mass is 418 g/mol. The number of thioether (sulfide) groups is 1. The Morgan fingerprint density at radius 3 is 2.75 bits per heavy atom. The molecule has 2 rings (SSSR count). The maximum absolute atomic E-state index is 10.4. The van der Waals surface area contributed by atoms with Crippen LogP contribution in [0.3, 0.4) is 0 Å². The maximum atomic E-state index is 10.4. The van der Waals surface area contributed by atoms with Crippen molar-refractivity contribution in [2.45, 2.75) is 30.9 Å². The molecule has 0 aliphatic rings. The molecule has 0 bridgehead atoms. The minimum absolute atomic E-state index is 0.224. The van der Waals surface area contributed by atoms with E-state index in [0.717, 1.165) is 19.5 Å². The smallest absolute Gasteiger partial charge is 0.106 e. The molecule has 2 aromatic rings. The molecule has 1 aromatic carbocycles. The molecule has 1 N–H and O–H groups in total. The molecule has 0 amide bonds. The number of benzene rings is 1. The topological polar surface area (TPSA) is 38.0 Å². The van der Waals surface area contributed by atoms with Crippen LogP contribution in [-0.4, -0.2) is 20.6 Å². The lowest BCUT2D eigenvalue weighted by Crippen LogP contribution is -2.13. The highest BCUT2D eigenvalue weighted by Gasteiger charge is 2.19. The van der Waals surface area contributed by atoms with Crippen LogP contribution in [0.1, 0.15) is 31.7 Å². The van der Waals surface area contributed by atoms with Gasteiger partial charge in [0.1, 0.15) is 6.10 Å². The highest BCUT2D eigenvalue weighted by Crippen LogP contribution is 2.31. The van der Waals surface area contributed by atoms with E-state index >= 15 is 0 Å². The summed E-state index contributed by atoms with van der Waals surface area (Å²) in [6.45, 7) is 4.11. The van der Waals surface area contributed by atoms with Crippen molar-refractivity contribution >= 4 is 43.6 Å². The van der Waals surface area contributed by atoms with Crippen molar-refractivity contribution in [3.63, 3.8) is 0 Å². The normalized spacial score (nSPS) is 12.9. The number of aliphatic hydroxyl groups is 1. The van der Waals surface area contributed by atoms with Gasteiger partial charge < -0.3 is 5.11 Å². The van der Waals surface area contributed by atoms with E-state index in [9.17, 15) is 5.11 Å². The zero-order chi connectivity index (χ0) is 14.7. The molecule has 0 fully saturated rings. The Labute approximate surface area is 140 Å². The molecule has 1 aromatic heterocycles. The van der Waals surface area contributed by atoms with Crippen LogP contribution in [-0.2, 0) is 0 Å². The summed E-state index contributed by atoms with van der Waals surface area (Å²) in [5, 5.41) is 14.7. The van der Waals surface area contributed by atoms with Gasteiger partial charge in [-0.2, -0.15) is 5.10 Å². The fourth-order valence-corrected chi connectivity index (χ4v) is 3.87. The van der Waals surface area contributed by atoms with Gasteiger partial charge in [-0.3, -0.25) is 4.68 Å². The highest BCUT2D eigenvalue weighted by molar-refractivity contribution is 9.10. The summed E-state index contributed by atoms with van der Waals surface area (Å²) in [5.41, 5.74) is 0.836. The molecule has 6 heteroatoms. The summed E-state index contributed by atoms with van der Waals surface area (Å²) < 4.78 is 3.76. The van der Waals surface area contributed by atoms with E-state index < -0.39 is 6.10 Å². The minimum atomic E-state index is -0.557. The van der Waals surface area contributed by atoms with Crippen LogP contribution in [0.2, 0.25) is 0 Å². The molecule has 108 valence electrons. The average molecular weight is 420 g/mol. The quantitative estimate of drug-likeness (QED) is 0.706. The molecule has 1 atom stereocenters. The second-order valence-corrected chi connectivity index (χ2v) is 7.56. The zero-order valence-electron chi connectivity index (χ0n) is 11.3. The Morgan fingerprint density at radius 2 is 2.10 bits per heavy atom. The maximum Gasteiger partial charge on any atom is 0.106 e. The fourth-order valence-electron chi connectivity index (χ4n) is 1.88. The van der Waals surface area contributed by atoms with Gasteiger partial charge in [-0.1, -0.05) is 22.0 Å². The second kappa shape index (κ2) is 7.11. The Bertz CT molecular complexity index is 586. The highest BCUT2D eigenvalue weighted by atomic mass is 79.9. The molecular weight excluding hydrogens is 404 g/mol. The van der Waals surface area contributed by atoms with Crippen LogP contribution >= 0.6 is 43.6 Å². The van der Waals surface area contributed by atoms with E-state index in [2.05, 4.69) is 50.8 Å². The van der Waals surface area contributed by atoms with Gasteiger partial charge in [0.05, 0.1) is 16.4 Å². The van der Waals surface area contributed by atoms with Gasteiger partial charge in [-0.15, -0.1) is 11.8 Å². The first kappa shape index (κ1) is 16.1. The summed E-state index contributed by atoms with van der Waals surface area (Å²) in [6.07, 6.45) is 1.18. The van der Waals surface area contributed by atoms with Crippen molar-refractivity contribution in [2.24, 2.45) is 0 Å². The summed E-state index contributed by atoms with van der Waals surface area (Å²) in [6, 6.07) is 8.29. The number of halogens is 2. The number of hydrogen-bond donors (Lipinski definition) is 1. The molecule has 0 saturated carbocycles. The molecule has 1 unspecified atom stereocenters. The van der Waals surface area contributed by atoms with E-state index in [-0.39, 0.29) is 6.04 Å². The summed E-state index contributed by atoms with van der Waals surface area (Å²) >= 11 is 8.54. The van der Waals surface area contributed by atoms with E-state index in [1.54, 1.807) is 18.0 Å². The second-order valence-electron chi connectivity index (χ2n) is 4.70. The van der Waals surface area contributed by atoms with E-state index in [0.29, 0.717) is 5.75 Å². The molecule has 0 saturated heterocycles. The average Bonchev–Trinajstić information content (AvgIpc) is 2.78. The van der Waals surface area contributed by atoms with Gasteiger partial charge in [0.2, 0.25) is 0 Å². The fraction of sp³-hybridized carbons (Fsp3) is 0.357. The predicted octanol–water partition coefficient (Wildman–Crippen LogP) is 4.81. The summed E-state index contributed by atoms with van der Waals surface area (Å²) in [7, 11) is 0. The van der Waals surface area contributed by atoms with Gasteiger partial charge in [-0.25, -0.2) is 0 Å². The van der Waals surface area contributed by atoms with Gasteiger partial charge in [-0.05, 0) is 48.0 Å². The summed E-state index contributed by atoms with van der Waals surface area (Å²) in [4.78, 5) is 1.13. The SMILES string of the molecule is CC(C)n1ncc(Br)c1C(O)CSc1cccc(Br)c1. The van der Waals surface area contributed by atoms with Gasteiger partial charge in [0, 0.05) is 21.2 Å². The predicted molar refractivity (Wildman–Crippen MR) is 90.1 cm³/mol. The Balaban J connectivity index is 2.09. The number of nitrogens with zero attached hydrogens (tertiary/aromatic N) is 2. The Morgan fingerprint density at radius 1 is 1.35 bits per heavy atom. The van der Waals surface area contributed by atoms with Crippen molar-refractivity contribution in [1.29, 1.82) is 0 Å². The number of rotatable bonds is 5. The van der Waals surface area contributed by atoms with Crippen LogP contribution < -0.4 is 0 Å². The lowest BCUT2D eigenvalue weighted by Gasteiger charge is -2.16. The Hall–Kier alpha value is -0.300.